The Labute approximate surface area is 133 Å². The molecule has 0 fully saturated rings. The lowest BCUT2D eigenvalue weighted by Gasteiger charge is -2.28. The van der Waals surface area contributed by atoms with Gasteiger partial charge in [0.2, 0.25) is 12.2 Å². The average Bonchev–Trinajstić information content (AvgIpc) is 2.50. The van der Waals surface area contributed by atoms with Crippen molar-refractivity contribution in [2.75, 3.05) is 12.4 Å². The number of amides is 2. The van der Waals surface area contributed by atoms with Crippen molar-refractivity contribution < 1.29 is 14.2 Å². The molecule has 1 atom stereocenters. The van der Waals surface area contributed by atoms with E-state index in [1.165, 1.54) is 4.90 Å². The van der Waals surface area contributed by atoms with Crippen molar-refractivity contribution in [1.29, 1.82) is 0 Å². The largest absolute Gasteiger partial charge is 0.324 e. The lowest BCUT2D eigenvalue weighted by molar-refractivity contribution is -0.698. The van der Waals surface area contributed by atoms with Gasteiger partial charge in [-0.25, -0.2) is 0 Å². The summed E-state index contributed by atoms with van der Waals surface area (Å²) < 4.78 is 1.80. The summed E-state index contributed by atoms with van der Waals surface area (Å²) in [7, 11) is 1.64. The van der Waals surface area contributed by atoms with Crippen molar-refractivity contribution in [3.8, 4) is 0 Å². The first-order chi connectivity index (χ1) is 10.6. The molecule has 1 aromatic heterocycles. The van der Waals surface area contributed by atoms with Crippen LogP contribution in [0.3, 0.4) is 0 Å². The number of halogens is 1. The number of hydrogen-bond acceptors (Lipinski definition) is 2. The number of carbonyl (C=O) groups is 2. The summed E-state index contributed by atoms with van der Waals surface area (Å²) in [6.45, 7) is 0.247. The Balaban J connectivity index is 1.90. The molecule has 2 heterocycles. The first-order valence-corrected chi connectivity index (χ1v) is 7.24. The number of likely N-dealkylation sites (N-methyl/N-ethyl adjacent to an activating group) is 1. The predicted octanol–water partition coefficient (Wildman–Crippen LogP) is 1.78. The number of carbonyl (C=O) groups excluding carboxylic acids is 2. The van der Waals surface area contributed by atoms with E-state index in [1.54, 1.807) is 35.9 Å². The molecular formula is C16H15ClN3O2+. The Bertz CT molecular complexity index is 730. The van der Waals surface area contributed by atoms with Gasteiger partial charge in [0.1, 0.15) is 0 Å². The van der Waals surface area contributed by atoms with Gasteiger partial charge in [-0.2, -0.15) is 4.57 Å². The molecule has 0 spiro atoms. The second-order valence-corrected chi connectivity index (χ2v) is 5.59. The molecule has 6 heteroatoms. The second-order valence-electron chi connectivity index (χ2n) is 5.16. The molecular weight excluding hydrogens is 302 g/mol. The summed E-state index contributed by atoms with van der Waals surface area (Å²) in [5, 5.41) is 3.43. The highest BCUT2D eigenvalue weighted by molar-refractivity contribution is 6.30. The monoisotopic (exact) mass is 316 g/mol. The number of rotatable bonds is 2. The van der Waals surface area contributed by atoms with Crippen molar-refractivity contribution in [3.05, 3.63) is 59.4 Å². The van der Waals surface area contributed by atoms with Crippen molar-refractivity contribution in [3.63, 3.8) is 0 Å². The van der Waals surface area contributed by atoms with E-state index in [1.807, 2.05) is 24.4 Å². The van der Waals surface area contributed by atoms with Gasteiger partial charge in [0, 0.05) is 29.9 Å². The van der Waals surface area contributed by atoms with E-state index in [4.69, 9.17) is 11.6 Å². The topological polar surface area (TPSA) is 53.3 Å². The van der Waals surface area contributed by atoms with E-state index < -0.39 is 6.04 Å². The Hall–Kier alpha value is -2.40. The van der Waals surface area contributed by atoms with Crippen LogP contribution in [0.4, 0.5) is 5.69 Å². The van der Waals surface area contributed by atoms with Crippen LogP contribution in [0, 0.1) is 0 Å². The number of nitrogens with zero attached hydrogens (tertiary/aromatic N) is 2. The first kappa shape index (κ1) is 14.5. The van der Waals surface area contributed by atoms with Crippen LogP contribution in [0.15, 0.2) is 48.7 Å². The fraction of sp³-hybridized carbons (Fsp3) is 0.188. The second kappa shape index (κ2) is 5.77. The molecule has 0 saturated heterocycles. The molecule has 112 valence electrons. The van der Waals surface area contributed by atoms with E-state index in [0.29, 0.717) is 10.7 Å². The minimum absolute atomic E-state index is 0.0973. The minimum Gasteiger partial charge on any atom is -0.324 e. The highest BCUT2D eigenvalue weighted by Gasteiger charge is 2.40. The Morgan fingerprint density at radius 3 is 2.73 bits per heavy atom. The molecule has 0 aliphatic carbocycles. The molecule has 1 aliphatic rings. The first-order valence-electron chi connectivity index (χ1n) is 6.87. The maximum absolute atomic E-state index is 12.6. The summed E-state index contributed by atoms with van der Waals surface area (Å²) in [4.78, 5) is 26.2. The zero-order chi connectivity index (χ0) is 15.7. The van der Waals surface area contributed by atoms with Gasteiger partial charge in [-0.1, -0.05) is 17.7 Å². The number of anilines is 1. The normalized spacial score (nSPS) is 17.1. The van der Waals surface area contributed by atoms with Gasteiger partial charge in [-0.15, -0.1) is 0 Å². The van der Waals surface area contributed by atoms with Crippen molar-refractivity contribution in [1.82, 2.24) is 4.90 Å². The summed E-state index contributed by atoms with van der Waals surface area (Å²) >= 11 is 5.84. The molecule has 1 aromatic carbocycles. The maximum Gasteiger partial charge on any atom is 0.289 e. The van der Waals surface area contributed by atoms with Crippen molar-refractivity contribution >= 4 is 29.1 Å². The number of fused-ring (bicyclic) bond motifs is 1. The molecule has 3 rings (SSSR count). The zero-order valence-electron chi connectivity index (χ0n) is 12.0. The van der Waals surface area contributed by atoms with E-state index >= 15 is 0 Å². The molecule has 22 heavy (non-hydrogen) atoms. The summed E-state index contributed by atoms with van der Waals surface area (Å²) in [6.07, 6.45) is 1.81. The van der Waals surface area contributed by atoms with Gasteiger partial charge in [-0.05, 0) is 24.3 Å². The minimum atomic E-state index is -0.655. The fourth-order valence-electron chi connectivity index (χ4n) is 2.54. The molecule has 2 aromatic rings. The van der Waals surface area contributed by atoms with E-state index in [9.17, 15) is 9.59 Å². The molecule has 5 nitrogen and oxygen atoms in total. The third-order valence-corrected chi connectivity index (χ3v) is 3.95. The van der Waals surface area contributed by atoms with Crippen LogP contribution < -0.4 is 9.88 Å². The van der Waals surface area contributed by atoms with Crippen LogP contribution in [0.5, 0.6) is 0 Å². The predicted molar refractivity (Wildman–Crippen MR) is 82.2 cm³/mol. The highest BCUT2D eigenvalue weighted by atomic mass is 35.5. The quantitative estimate of drug-likeness (QED) is 0.859. The van der Waals surface area contributed by atoms with Gasteiger partial charge in [0.25, 0.3) is 11.8 Å². The molecule has 1 N–H and O–H groups in total. The van der Waals surface area contributed by atoms with Crippen molar-refractivity contribution in [2.24, 2.45) is 0 Å². The van der Waals surface area contributed by atoms with Crippen LogP contribution in [-0.4, -0.2) is 23.8 Å². The fourth-order valence-corrected chi connectivity index (χ4v) is 2.66. The standard InChI is InChI=1S/C16H14ClN3O2/c1-19-14(21)10-20-9-3-2-4-13(20)15(19)16(22)18-12-7-5-11(17)6-8-12/h2-9,15H,10H2,1H3/p+1/t15-/m1/s1. The van der Waals surface area contributed by atoms with Gasteiger partial charge >= 0.3 is 0 Å². The smallest absolute Gasteiger partial charge is 0.289 e. The average molecular weight is 317 g/mol. The van der Waals surface area contributed by atoms with Crippen molar-refractivity contribution in [2.45, 2.75) is 12.6 Å². The van der Waals surface area contributed by atoms with Gasteiger partial charge in [0.15, 0.2) is 12.2 Å². The number of hydrogen-bond donors (Lipinski definition) is 1. The van der Waals surface area contributed by atoms with Crippen LogP contribution in [0.2, 0.25) is 5.02 Å². The molecule has 0 unspecified atom stereocenters. The molecule has 0 saturated carbocycles. The number of pyridine rings is 1. The summed E-state index contributed by atoms with van der Waals surface area (Å²) in [6, 6.07) is 11.8. The van der Waals surface area contributed by atoms with Crippen LogP contribution >= 0.6 is 11.6 Å². The summed E-state index contributed by atoms with van der Waals surface area (Å²) in [5.41, 5.74) is 1.43. The molecule has 0 bridgehead atoms. The van der Waals surface area contributed by atoms with E-state index in [2.05, 4.69) is 5.32 Å². The Morgan fingerprint density at radius 2 is 2.00 bits per heavy atom. The third kappa shape index (κ3) is 2.67. The number of aromatic nitrogens is 1. The molecule has 1 aliphatic heterocycles. The van der Waals surface area contributed by atoms with Gasteiger partial charge in [-0.3, -0.25) is 9.59 Å². The Morgan fingerprint density at radius 1 is 1.27 bits per heavy atom. The highest BCUT2D eigenvalue weighted by Crippen LogP contribution is 2.22. The van der Waals surface area contributed by atoms with Gasteiger partial charge in [0.05, 0.1) is 0 Å². The summed E-state index contributed by atoms with van der Waals surface area (Å²) in [5.74, 6) is -0.349. The Kier molecular flexibility index (Phi) is 3.81. The van der Waals surface area contributed by atoms with Crippen LogP contribution in [0.1, 0.15) is 11.7 Å². The lowest BCUT2D eigenvalue weighted by Crippen LogP contribution is -2.57. The zero-order valence-corrected chi connectivity index (χ0v) is 12.7. The van der Waals surface area contributed by atoms with Crippen LogP contribution in [0.25, 0.3) is 0 Å². The van der Waals surface area contributed by atoms with E-state index in [0.717, 1.165) is 5.69 Å². The van der Waals surface area contributed by atoms with Gasteiger partial charge < -0.3 is 10.2 Å². The van der Waals surface area contributed by atoms with Crippen LogP contribution in [-0.2, 0) is 16.1 Å². The van der Waals surface area contributed by atoms with E-state index in [-0.39, 0.29) is 18.4 Å². The number of nitrogens with one attached hydrogen (secondary N) is 1. The maximum atomic E-state index is 12.6. The third-order valence-electron chi connectivity index (χ3n) is 3.70. The lowest BCUT2D eigenvalue weighted by atomic mass is 10.1. The molecule has 2 amide bonds. The molecule has 0 radical (unpaired) electrons. The SMILES string of the molecule is CN1C(=O)C[n+]2ccccc2[C@@H]1C(=O)Nc1ccc(Cl)cc1. The number of benzene rings is 1.